The van der Waals surface area contributed by atoms with E-state index < -0.39 is 14.5 Å². The second-order valence-electron chi connectivity index (χ2n) is 9.42. The topological polar surface area (TPSA) is 185 Å². The molecule has 0 unspecified atom stereocenters. The zero-order chi connectivity index (χ0) is 46.8. The molecule has 0 radical (unpaired) electrons. The molecule has 0 aliphatic carbocycles. The molecule has 0 fully saturated rings. The maximum Gasteiger partial charge on any atom is 2.00 e. The van der Waals surface area contributed by atoms with E-state index in [4.69, 9.17) is 40.0 Å². The minimum Gasteiger partial charge on any atom is -0.497 e. The fourth-order valence-electron chi connectivity index (χ4n) is 3.00. The molecule has 4 aromatic carbocycles. The van der Waals surface area contributed by atoms with Gasteiger partial charge < -0.3 is 74.1 Å². The van der Waals surface area contributed by atoms with Crippen molar-refractivity contribution in [2.24, 2.45) is 9.98 Å². The van der Waals surface area contributed by atoms with Gasteiger partial charge in [0.05, 0.1) is 52.7 Å². The number of ether oxygens (including phenoxy) is 4. The summed E-state index contributed by atoms with van der Waals surface area (Å²) in [5, 5.41) is 37.8. The van der Waals surface area contributed by atoms with Crippen LogP contribution in [0.5, 0.6) is 23.0 Å². The molecule has 0 saturated carbocycles. The van der Waals surface area contributed by atoms with Gasteiger partial charge in [-0.25, -0.2) is 0 Å². The van der Waals surface area contributed by atoms with Crippen molar-refractivity contribution in [1.29, 1.82) is 21.0 Å². The minimum atomic E-state index is -6.00. The average Bonchev–Trinajstić information content (AvgIpc) is 3.19. The maximum atomic E-state index is 9.75. The standard InChI is InChI=1S/2C15H15N2O2.4C2H3N.2BF4.2Mo/c2*1-18-14-7-3-12(4-8-14)16-11-17-13-5-9-15(19-2)10-6-13;4*1-2-3;2*2-1(3,4)5;;/h2*3-11H,1-2H3;4*1H3;;;;/q2*-1;;;;;2*-1;2*+2. The number of methoxy groups -OCH3 is 4. The van der Waals surface area contributed by atoms with Crippen LogP contribution in [0.2, 0.25) is 0 Å². The first kappa shape index (κ1) is 67.7. The second-order valence-corrected chi connectivity index (χ2v) is 9.42. The molecular weight excluding hydrogens is 998 g/mol. The number of rotatable bonds is 10. The van der Waals surface area contributed by atoms with Gasteiger partial charge in [0.1, 0.15) is 23.0 Å². The van der Waals surface area contributed by atoms with Gasteiger partial charge in [-0.2, -0.15) is 21.0 Å². The molecular formula is C38H42B2F8Mo2N8O4. The maximum absolute atomic E-state index is 9.75. The zero-order valence-corrected chi connectivity index (χ0v) is 38.6. The van der Waals surface area contributed by atoms with Crippen LogP contribution in [-0.4, -0.2) is 55.6 Å². The minimum absolute atomic E-state index is 0. The summed E-state index contributed by atoms with van der Waals surface area (Å²) in [5.74, 6) is 3.24. The van der Waals surface area contributed by atoms with Gasteiger partial charge in [0, 0.05) is 27.7 Å². The van der Waals surface area contributed by atoms with E-state index in [1.54, 1.807) is 52.7 Å². The van der Waals surface area contributed by atoms with E-state index in [1.807, 2.05) is 97.1 Å². The predicted octanol–water partition coefficient (Wildman–Crippen LogP) is 12.9. The van der Waals surface area contributed by atoms with E-state index in [0.717, 1.165) is 45.7 Å². The summed E-state index contributed by atoms with van der Waals surface area (Å²) in [6.07, 6.45) is 3.06. The Balaban J connectivity index is -0.000000169. The normalized spacial score (nSPS) is 8.84. The summed E-state index contributed by atoms with van der Waals surface area (Å²) in [6.45, 7) is 5.72. The van der Waals surface area contributed by atoms with Crippen molar-refractivity contribution < 1.29 is 95.6 Å². The van der Waals surface area contributed by atoms with Crippen molar-refractivity contribution >= 4 is 49.9 Å². The van der Waals surface area contributed by atoms with Crippen molar-refractivity contribution in [2.75, 3.05) is 28.4 Å². The Hall–Kier alpha value is -6.07. The van der Waals surface area contributed by atoms with Gasteiger partial charge in [-0.3, -0.25) is 0 Å². The number of nitrogens with zero attached hydrogens (tertiary/aromatic N) is 8. The summed E-state index contributed by atoms with van der Waals surface area (Å²) in [5.41, 5.74) is 3.33. The van der Waals surface area contributed by atoms with Crippen LogP contribution in [-0.2, 0) is 42.1 Å². The SMILES string of the molecule is CC#N.CC#N.CC#N.CC#N.COc1ccc(N=C[N-]c2ccc(OC)cc2)cc1.COc1ccc(N=C[N-]c2ccc(OC)cc2)cc1.F[B-](F)(F)F.F[B-](F)(F)F.[Mo+2].[Mo+2]. The van der Waals surface area contributed by atoms with Crippen LogP contribution in [0.4, 0.5) is 57.3 Å². The number of hydrogen-bond acceptors (Lipinski definition) is 10. The van der Waals surface area contributed by atoms with Gasteiger partial charge in [0.2, 0.25) is 0 Å². The fraction of sp³-hybridized carbons (Fsp3) is 0.211. The molecule has 0 saturated heterocycles. The predicted molar refractivity (Wildman–Crippen MR) is 220 cm³/mol. The average molecular weight is 1040 g/mol. The molecule has 4 rings (SSSR count). The van der Waals surface area contributed by atoms with Gasteiger partial charge in [-0.15, -0.1) is 0 Å². The molecule has 24 heteroatoms. The molecule has 0 amide bonds. The molecule has 0 aromatic heterocycles. The Morgan fingerprint density at radius 3 is 0.742 bits per heavy atom. The molecule has 62 heavy (non-hydrogen) atoms. The van der Waals surface area contributed by atoms with Crippen LogP contribution >= 0.6 is 0 Å². The van der Waals surface area contributed by atoms with Crippen molar-refractivity contribution in [3.05, 3.63) is 108 Å². The third-order valence-electron chi connectivity index (χ3n) is 5.12. The first-order chi connectivity index (χ1) is 28.3. The third kappa shape index (κ3) is 51.9. The number of halogens is 8. The molecule has 4 aromatic rings. The Labute approximate surface area is 385 Å². The van der Waals surface area contributed by atoms with E-state index in [-0.39, 0.29) is 42.1 Å². The number of aliphatic imine (C=N–C) groups is 2. The smallest absolute Gasteiger partial charge is 0.497 e. The van der Waals surface area contributed by atoms with E-state index in [1.165, 1.54) is 40.4 Å². The van der Waals surface area contributed by atoms with Gasteiger partial charge in [0.25, 0.3) is 0 Å². The Morgan fingerprint density at radius 2 is 0.581 bits per heavy atom. The van der Waals surface area contributed by atoms with Crippen LogP contribution in [0, 0.1) is 45.3 Å². The summed E-state index contributed by atoms with van der Waals surface area (Å²) in [6, 6.07) is 36.9. The van der Waals surface area contributed by atoms with Crippen LogP contribution in [0.15, 0.2) is 107 Å². The molecule has 0 bridgehead atoms. The second kappa shape index (κ2) is 44.5. The first-order valence-electron chi connectivity index (χ1n) is 16.3. The Kier molecular flexibility index (Phi) is 48.6. The van der Waals surface area contributed by atoms with Crippen molar-refractivity contribution in [3.8, 4) is 47.3 Å². The van der Waals surface area contributed by atoms with Crippen LogP contribution in [0.25, 0.3) is 10.6 Å². The van der Waals surface area contributed by atoms with Crippen LogP contribution < -0.4 is 18.9 Å². The van der Waals surface area contributed by atoms with Gasteiger partial charge in [0.15, 0.2) is 0 Å². The van der Waals surface area contributed by atoms with E-state index >= 15 is 0 Å². The summed E-state index contributed by atoms with van der Waals surface area (Å²) in [7, 11) is -5.46. The van der Waals surface area contributed by atoms with Crippen molar-refractivity contribution in [2.45, 2.75) is 27.7 Å². The van der Waals surface area contributed by atoms with Crippen LogP contribution in [0.3, 0.4) is 0 Å². The van der Waals surface area contributed by atoms with Gasteiger partial charge in [-0.1, -0.05) is 61.2 Å². The Bertz CT molecular complexity index is 1720. The number of hydrogen-bond donors (Lipinski definition) is 0. The van der Waals surface area contributed by atoms with Crippen LogP contribution in [0.1, 0.15) is 27.7 Å². The number of benzene rings is 4. The monoisotopic (exact) mass is 1040 g/mol. The molecule has 0 heterocycles. The largest absolute Gasteiger partial charge is 2.00 e. The van der Waals surface area contributed by atoms with Crippen molar-refractivity contribution in [1.82, 2.24) is 0 Å². The molecule has 0 spiro atoms. The number of nitriles is 4. The van der Waals surface area contributed by atoms with E-state index in [2.05, 4.69) is 20.6 Å². The third-order valence-corrected chi connectivity index (χ3v) is 5.12. The molecule has 0 aliphatic heterocycles. The summed E-state index contributed by atoms with van der Waals surface area (Å²) >= 11 is 0. The van der Waals surface area contributed by atoms with Gasteiger partial charge in [-0.05, 0) is 71.3 Å². The quantitative estimate of drug-likeness (QED) is 0.0650. The zero-order valence-electron chi connectivity index (χ0n) is 34.6. The van der Waals surface area contributed by atoms with Gasteiger partial charge >= 0.3 is 56.6 Å². The molecule has 0 atom stereocenters. The van der Waals surface area contributed by atoms with E-state index in [0.29, 0.717) is 0 Å². The summed E-state index contributed by atoms with van der Waals surface area (Å²) in [4.78, 5) is 8.48. The van der Waals surface area contributed by atoms with E-state index in [9.17, 15) is 34.5 Å². The molecule has 0 N–H and O–H groups in total. The van der Waals surface area contributed by atoms with Crippen molar-refractivity contribution in [3.63, 3.8) is 0 Å². The Morgan fingerprint density at radius 1 is 0.419 bits per heavy atom. The molecule has 12 nitrogen and oxygen atoms in total. The first-order valence-corrected chi connectivity index (χ1v) is 16.3. The molecule has 0 aliphatic rings. The molecule has 332 valence electrons. The fourth-order valence-corrected chi connectivity index (χ4v) is 3.00. The summed E-state index contributed by atoms with van der Waals surface area (Å²) < 4.78 is 98.3.